The van der Waals surface area contributed by atoms with E-state index in [-0.39, 0.29) is 5.91 Å². The Kier molecular flexibility index (Phi) is 2.47. The molecule has 0 saturated heterocycles. The fourth-order valence-corrected chi connectivity index (χ4v) is 0.963. The smallest absolute Gasteiger partial charge is 0.226 e. The van der Waals surface area contributed by atoms with Crippen LogP contribution >= 0.6 is 0 Å². The quantitative estimate of drug-likeness (QED) is 0.653. The summed E-state index contributed by atoms with van der Waals surface area (Å²) >= 11 is 0. The third-order valence-electron chi connectivity index (χ3n) is 1.76. The summed E-state index contributed by atoms with van der Waals surface area (Å²) in [5, 5.41) is 3.98. The van der Waals surface area contributed by atoms with Crippen molar-refractivity contribution in [1.82, 2.24) is 9.78 Å². The summed E-state index contributed by atoms with van der Waals surface area (Å²) in [6.07, 6.45) is 4.01. The molecule has 0 aliphatic rings. The van der Waals surface area contributed by atoms with Crippen molar-refractivity contribution >= 4 is 11.6 Å². The molecule has 0 radical (unpaired) electrons. The molecule has 0 N–H and O–H groups in total. The highest BCUT2D eigenvalue weighted by atomic mass is 16.2. The van der Waals surface area contributed by atoms with Gasteiger partial charge in [-0.2, -0.15) is 5.10 Å². The molecule has 0 bridgehead atoms. The molecule has 4 nitrogen and oxygen atoms in total. The summed E-state index contributed by atoms with van der Waals surface area (Å²) in [5.74, 6) is 0.100. The van der Waals surface area contributed by atoms with Crippen molar-refractivity contribution in [3.8, 4) is 0 Å². The third-order valence-corrected chi connectivity index (χ3v) is 1.76. The zero-order valence-corrected chi connectivity index (χ0v) is 7.61. The second kappa shape index (κ2) is 3.38. The van der Waals surface area contributed by atoms with Crippen LogP contribution in [-0.4, -0.2) is 22.7 Å². The van der Waals surface area contributed by atoms with Gasteiger partial charge in [0.2, 0.25) is 5.91 Å². The number of hydrogen-bond acceptors (Lipinski definition) is 2. The number of hydrogen-bond donors (Lipinski definition) is 0. The SMILES string of the molecule is CCC(=O)N(C)c1cnn(C)c1. The first-order chi connectivity index (χ1) is 5.65. The average Bonchev–Trinajstić information content (AvgIpc) is 2.49. The molecule has 1 aromatic rings. The van der Waals surface area contributed by atoms with Crippen LogP contribution in [0.4, 0.5) is 5.69 Å². The highest BCUT2D eigenvalue weighted by Crippen LogP contribution is 2.10. The molecule has 0 aliphatic carbocycles. The van der Waals surface area contributed by atoms with E-state index in [0.29, 0.717) is 6.42 Å². The van der Waals surface area contributed by atoms with Gasteiger partial charge in [-0.25, -0.2) is 0 Å². The maximum atomic E-state index is 11.2. The fourth-order valence-electron chi connectivity index (χ4n) is 0.963. The summed E-state index contributed by atoms with van der Waals surface area (Å²) in [4.78, 5) is 12.8. The van der Waals surface area contributed by atoms with Crippen molar-refractivity contribution in [3.63, 3.8) is 0 Å². The van der Waals surface area contributed by atoms with Gasteiger partial charge >= 0.3 is 0 Å². The minimum absolute atomic E-state index is 0.100. The predicted octanol–water partition coefficient (Wildman–Crippen LogP) is 0.793. The Bertz CT molecular complexity index is 280. The lowest BCUT2D eigenvalue weighted by molar-refractivity contribution is -0.118. The Morgan fingerprint density at radius 3 is 2.83 bits per heavy atom. The lowest BCUT2D eigenvalue weighted by atomic mass is 10.4. The number of carbonyl (C=O) groups excluding carboxylic acids is 1. The number of amides is 1. The van der Waals surface area contributed by atoms with Gasteiger partial charge in [-0.05, 0) is 0 Å². The summed E-state index contributed by atoms with van der Waals surface area (Å²) in [5.41, 5.74) is 0.837. The monoisotopic (exact) mass is 167 g/mol. The molecule has 0 unspecified atom stereocenters. The first kappa shape index (κ1) is 8.77. The molecule has 0 spiro atoms. The molecule has 1 amide bonds. The number of aromatic nitrogens is 2. The van der Waals surface area contributed by atoms with E-state index < -0.39 is 0 Å². The lowest BCUT2D eigenvalue weighted by Gasteiger charge is -2.12. The first-order valence-electron chi connectivity index (χ1n) is 3.90. The van der Waals surface area contributed by atoms with Gasteiger partial charge < -0.3 is 4.90 Å². The predicted molar refractivity (Wildman–Crippen MR) is 46.9 cm³/mol. The van der Waals surface area contributed by atoms with Crippen molar-refractivity contribution in [3.05, 3.63) is 12.4 Å². The topological polar surface area (TPSA) is 38.1 Å². The standard InChI is InChI=1S/C8H13N3O/c1-4-8(12)11(3)7-5-9-10(2)6-7/h5-6H,4H2,1-3H3. The van der Waals surface area contributed by atoms with E-state index in [0.717, 1.165) is 5.69 Å². The minimum Gasteiger partial charge on any atom is -0.313 e. The van der Waals surface area contributed by atoms with Gasteiger partial charge in [0, 0.05) is 26.7 Å². The van der Waals surface area contributed by atoms with Crippen LogP contribution in [0.2, 0.25) is 0 Å². The van der Waals surface area contributed by atoms with E-state index in [4.69, 9.17) is 0 Å². The number of rotatable bonds is 2. The highest BCUT2D eigenvalue weighted by molar-refractivity contribution is 5.92. The number of carbonyl (C=O) groups is 1. The Labute approximate surface area is 71.8 Å². The van der Waals surface area contributed by atoms with Gasteiger partial charge in [0.05, 0.1) is 11.9 Å². The van der Waals surface area contributed by atoms with Crippen LogP contribution in [0.15, 0.2) is 12.4 Å². The molecular formula is C8H13N3O. The zero-order chi connectivity index (χ0) is 9.14. The molecule has 1 rings (SSSR count). The van der Waals surface area contributed by atoms with E-state index in [9.17, 15) is 4.79 Å². The van der Waals surface area contributed by atoms with Gasteiger partial charge in [-0.1, -0.05) is 6.92 Å². The Morgan fingerprint density at radius 1 is 1.75 bits per heavy atom. The molecule has 1 aromatic heterocycles. The van der Waals surface area contributed by atoms with Crippen LogP contribution < -0.4 is 4.90 Å². The molecule has 4 heteroatoms. The summed E-state index contributed by atoms with van der Waals surface area (Å²) in [7, 11) is 3.58. The Morgan fingerprint density at radius 2 is 2.42 bits per heavy atom. The van der Waals surface area contributed by atoms with E-state index >= 15 is 0 Å². The fraction of sp³-hybridized carbons (Fsp3) is 0.500. The third kappa shape index (κ3) is 1.64. The Hall–Kier alpha value is -1.32. The second-order valence-electron chi connectivity index (χ2n) is 2.68. The van der Waals surface area contributed by atoms with Crippen molar-refractivity contribution in [1.29, 1.82) is 0 Å². The molecule has 0 fully saturated rings. The number of aryl methyl sites for hydroxylation is 1. The van der Waals surface area contributed by atoms with E-state index in [2.05, 4.69) is 5.10 Å². The molecule has 0 aromatic carbocycles. The van der Waals surface area contributed by atoms with E-state index in [1.807, 2.05) is 20.2 Å². The molecule has 0 atom stereocenters. The second-order valence-corrected chi connectivity index (χ2v) is 2.68. The molecular weight excluding hydrogens is 154 g/mol. The maximum Gasteiger partial charge on any atom is 0.226 e. The van der Waals surface area contributed by atoms with Crippen LogP contribution in [0.3, 0.4) is 0 Å². The summed E-state index contributed by atoms with van der Waals surface area (Å²) in [6.45, 7) is 1.84. The van der Waals surface area contributed by atoms with Crippen LogP contribution in [0.25, 0.3) is 0 Å². The average molecular weight is 167 g/mol. The zero-order valence-electron chi connectivity index (χ0n) is 7.61. The van der Waals surface area contributed by atoms with Crippen molar-refractivity contribution < 1.29 is 4.79 Å². The highest BCUT2D eigenvalue weighted by Gasteiger charge is 2.08. The largest absolute Gasteiger partial charge is 0.313 e. The summed E-state index contributed by atoms with van der Waals surface area (Å²) in [6, 6.07) is 0. The van der Waals surface area contributed by atoms with Gasteiger partial charge in [-0.15, -0.1) is 0 Å². The van der Waals surface area contributed by atoms with Crippen LogP contribution in [0.1, 0.15) is 13.3 Å². The molecule has 0 saturated carbocycles. The molecule has 1 heterocycles. The van der Waals surface area contributed by atoms with Crippen molar-refractivity contribution in [2.75, 3.05) is 11.9 Å². The van der Waals surface area contributed by atoms with E-state index in [1.54, 1.807) is 22.8 Å². The van der Waals surface area contributed by atoms with Crippen molar-refractivity contribution in [2.45, 2.75) is 13.3 Å². The normalized spacial score (nSPS) is 9.92. The maximum absolute atomic E-state index is 11.2. The Balaban J connectivity index is 2.77. The first-order valence-corrected chi connectivity index (χ1v) is 3.90. The lowest BCUT2D eigenvalue weighted by Crippen LogP contribution is -2.24. The minimum atomic E-state index is 0.100. The van der Waals surface area contributed by atoms with Crippen LogP contribution in [0.5, 0.6) is 0 Å². The van der Waals surface area contributed by atoms with E-state index in [1.165, 1.54) is 0 Å². The number of anilines is 1. The number of nitrogens with zero attached hydrogens (tertiary/aromatic N) is 3. The van der Waals surface area contributed by atoms with Gasteiger partial charge in [-0.3, -0.25) is 9.48 Å². The van der Waals surface area contributed by atoms with Crippen LogP contribution in [0, 0.1) is 0 Å². The molecule has 0 aliphatic heterocycles. The van der Waals surface area contributed by atoms with Gasteiger partial charge in [0.15, 0.2) is 0 Å². The van der Waals surface area contributed by atoms with Gasteiger partial charge in [0.25, 0.3) is 0 Å². The van der Waals surface area contributed by atoms with Crippen molar-refractivity contribution in [2.24, 2.45) is 7.05 Å². The van der Waals surface area contributed by atoms with Crippen LogP contribution in [-0.2, 0) is 11.8 Å². The summed E-state index contributed by atoms with van der Waals surface area (Å²) < 4.78 is 1.68. The molecule has 12 heavy (non-hydrogen) atoms. The molecule has 66 valence electrons. The van der Waals surface area contributed by atoms with Gasteiger partial charge in [0.1, 0.15) is 0 Å².